The predicted molar refractivity (Wildman–Crippen MR) is 110 cm³/mol. The topological polar surface area (TPSA) is 81.1 Å². The molecule has 0 saturated heterocycles. The van der Waals surface area contributed by atoms with Crippen LogP contribution >= 0.6 is 0 Å². The van der Waals surface area contributed by atoms with Crippen molar-refractivity contribution < 1.29 is 26.4 Å². The maximum Gasteiger partial charge on any atom is 0.416 e. The first-order valence-electron chi connectivity index (χ1n) is 9.29. The highest BCUT2D eigenvalue weighted by Crippen LogP contribution is 2.31. The second-order valence-corrected chi connectivity index (χ2v) is 9.71. The molecule has 0 aliphatic heterocycles. The standard InChI is InChI=1S/C21H20F3N3O3S/c1-13(2)31(29,30)18-9-7-15(8-10-18)20(28)25-19-11-14(3)26-27(19)17-6-4-5-16(12-17)21(22,23)24/h4-13H,1-3H3,(H,25,28). The van der Waals surface area contributed by atoms with Crippen LogP contribution in [0.3, 0.4) is 0 Å². The molecule has 0 spiro atoms. The van der Waals surface area contributed by atoms with Gasteiger partial charge in [0.15, 0.2) is 9.84 Å². The van der Waals surface area contributed by atoms with E-state index in [0.29, 0.717) is 5.69 Å². The van der Waals surface area contributed by atoms with Gasteiger partial charge in [-0.2, -0.15) is 18.3 Å². The quantitative estimate of drug-likeness (QED) is 0.613. The number of nitrogens with one attached hydrogen (secondary N) is 1. The van der Waals surface area contributed by atoms with E-state index in [1.165, 1.54) is 47.1 Å². The molecule has 1 heterocycles. The molecule has 2 aromatic carbocycles. The van der Waals surface area contributed by atoms with Crippen LogP contribution in [0.25, 0.3) is 5.69 Å². The highest BCUT2D eigenvalue weighted by molar-refractivity contribution is 7.92. The van der Waals surface area contributed by atoms with Gasteiger partial charge in [0, 0.05) is 11.6 Å². The smallest absolute Gasteiger partial charge is 0.306 e. The molecule has 164 valence electrons. The number of sulfone groups is 1. The zero-order valence-corrected chi connectivity index (χ0v) is 17.8. The number of anilines is 1. The summed E-state index contributed by atoms with van der Waals surface area (Å²) in [6, 6.07) is 11.6. The molecule has 0 aliphatic rings. The number of alkyl halides is 3. The number of nitrogens with zero attached hydrogens (tertiary/aromatic N) is 2. The Morgan fingerprint density at radius 1 is 1.06 bits per heavy atom. The number of hydrogen-bond donors (Lipinski definition) is 1. The summed E-state index contributed by atoms with van der Waals surface area (Å²) in [5.74, 6) is -0.373. The van der Waals surface area contributed by atoms with Crippen LogP contribution in [0.15, 0.2) is 59.5 Å². The minimum absolute atomic E-state index is 0.101. The second-order valence-electron chi connectivity index (χ2n) is 7.20. The van der Waals surface area contributed by atoms with E-state index < -0.39 is 32.7 Å². The third-order valence-electron chi connectivity index (χ3n) is 4.56. The average Bonchev–Trinajstić information content (AvgIpc) is 3.07. The third kappa shape index (κ3) is 4.79. The van der Waals surface area contributed by atoms with Crippen LogP contribution in [-0.2, 0) is 16.0 Å². The fourth-order valence-corrected chi connectivity index (χ4v) is 3.92. The van der Waals surface area contributed by atoms with Gasteiger partial charge in [0.1, 0.15) is 5.82 Å². The Kier molecular flexibility index (Phi) is 5.95. The van der Waals surface area contributed by atoms with Gasteiger partial charge < -0.3 is 5.32 Å². The number of carbonyl (C=O) groups is 1. The van der Waals surface area contributed by atoms with Crippen molar-refractivity contribution in [3.05, 3.63) is 71.4 Å². The number of hydrogen-bond acceptors (Lipinski definition) is 4. The van der Waals surface area contributed by atoms with E-state index in [4.69, 9.17) is 0 Å². The highest BCUT2D eigenvalue weighted by Gasteiger charge is 2.30. The fraction of sp³-hybridized carbons (Fsp3) is 0.238. The van der Waals surface area contributed by atoms with Gasteiger partial charge in [0.25, 0.3) is 5.91 Å². The lowest BCUT2D eigenvalue weighted by molar-refractivity contribution is -0.137. The molecule has 0 aliphatic carbocycles. The number of benzene rings is 2. The zero-order valence-electron chi connectivity index (χ0n) is 16.9. The van der Waals surface area contributed by atoms with E-state index in [9.17, 15) is 26.4 Å². The Hall–Kier alpha value is -3.14. The summed E-state index contributed by atoms with van der Waals surface area (Å²) in [6.45, 7) is 4.77. The SMILES string of the molecule is Cc1cc(NC(=O)c2ccc(S(=O)(=O)C(C)C)cc2)n(-c2cccc(C(F)(F)F)c2)n1. The molecule has 6 nitrogen and oxygen atoms in total. The molecule has 1 amide bonds. The summed E-state index contributed by atoms with van der Waals surface area (Å²) < 4.78 is 64.8. The third-order valence-corrected chi connectivity index (χ3v) is 6.73. The van der Waals surface area contributed by atoms with E-state index in [2.05, 4.69) is 10.4 Å². The van der Waals surface area contributed by atoms with Gasteiger partial charge in [0.2, 0.25) is 0 Å². The minimum atomic E-state index is -4.51. The molecule has 10 heteroatoms. The first kappa shape index (κ1) is 22.5. The Morgan fingerprint density at radius 3 is 2.29 bits per heavy atom. The number of aryl methyl sites for hydroxylation is 1. The summed E-state index contributed by atoms with van der Waals surface area (Å²) in [4.78, 5) is 12.7. The van der Waals surface area contributed by atoms with Gasteiger partial charge in [-0.1, -0.05) is 6.07 Å². The number of aromatic nitrogens is 2. The molecule has 3 rings (SSSR count). The summed E-state index contributed by atoms with van der Waals surface area (Å²) in [6.07, 6.45) is -4.51. The van der Waals surface area contributed by atoms with Crippen LogP contribution in [0.2, 0.25) is 0 Å². The molecule has 0 fully saturated rings. The largest absolute Gasteiger partial charge is 0.416 e. The number of rotatable bonds is 5. The van der Waals surface area contributed by atoms with Crippen molar-refractivity contribution in [3.63, 3.8) is 0 Å². The van der Waals surface area contributed by atoms with Gasteiger partial charge in [-0.25, -0.2) is 13.1 Å². The molecule has 0 bridgehead atoms. The van der Waals surface area contributed by atoms with Crippen molar-refractivity contribution in [2.75, 3.05) is 5.32 Å². The number of amides is 1. The molecule has 3 aromatic rings. The van der Waals surface area contributed by atoms with E-state index >= 15 is 0 Å². The Morgan fingerprint density at radius 2 is 1.71 bits per heavy atom. The zero-order chi connectivity index (χ0) is 23.0. The van der Waals surface area contributed by atoms with Gasteiger partial charge >= 0.3 is 6.18 Å². The van der Waals surface area contributed by atoms with Crippen molar-refractivity contribution in [1.82, 2.24) is 9.78 Å². The number of halogens is 3. The molecular weight excluding hydrogens is 431 g/mol. The molecular formula is C21H20F3N3O3S. The fourth-order valence-electron chi connectivity index (χ4n) is 2.86. The van der Waals surface area contributed by atoms with Crippen LogP contribution in [0.4, 0.5) is 19.0 Å². The maximum atomic E-state index is 13.0. The molecule has 0 saturated carbocycles. The maximum absolute atomic E-state index is 13.0. The van der Waals surface area contributed by atoms with Crippen LogP contribution in [0, 0.1) is 6.92 Å². The van der Waals surface area contributed by atoms with Crippen molar-refractivity contribution in [3.8, 4) is 5.69 Å². The molecule has 1 N–H and O–H groups in total. The first-order chi connectivity index (χ1) is 14.4. The Labute approximate surface area is 177 Å². The van der Waals surface area contributed by atoms with Crippen LogP contribution < -0.4 is 5.32 Å². The molecule has 0 radical (unpaired) electrons. The average molecular weight is 451 g/mol. The van der Waals surface area contributed by atoms with Crippen molar-refractivity contribution in [2.45, 2.75) is 37.1 Å². The first-order valence-corrected chi connectivity index (χ1v) is 10.8. The van der Waals surface area contributed by atoms with E-state index in [1.807, 2.05) is 0 Å². The summed E-state index contributed by atoms with van der Waals surface area (Å²) in [5.41, 5.74) is -0.0165. The Bertz CT molecular complexity index is 1210. The highest BCUT2D eigenvalue weighted by atomic mass is 32.2. The van der Waals surface area contributed by atoms with Crippen LogP contribution in [-0.4, -0.2) is 29.4 Å². The van der Waals surface area contributed by atoms with Gasteiger partial charge in [-0.05, 0) is 63.2 Å². The Balaban J connectivity index is 1.89. The van der Waals surface area contributed by atoms with E-state index in [-0.39, 0.29) is 22.0 Å². The van der Waals surface area contributed by atoms with Crippen LogP contribution in [0.5, 0.6) is 0 Å². The molecule has 1 aromatic heterocycles. The van der Waals surface area contributed by atoms with E-state index in [1.54, 1.807) is 20.8 Å². The lowest BCUT2D eigenvalue weighted by atomic mass is 10.2. The summed E-state index contributed by atoms with van der Waals surface area (Å²) >= 11 is 0. The summed E-state index contributed by atoms with van der Waals surface area (Å²) in [5, 5.41) is 6.19. The predicted octanol–water partition coefficient (Wildman–Crippen LogP) is 4.63. The van der Waals surface area contributed by atoms with Gasteiger partial charge in [-0.3, -0.25) is 4.79 Å². The van der Waals surface area contributed by atoms with Crippen molar-refractivity contribution in [1.29, 1.82) is 0 Å². The molecule has 31 heavy (non-hydrogen) atoms. The number of carbonyl (C=O) groups excluding carboxylic acids is 1. The minimum Gasteiger partial charge on any atom is -0.306 e. The van der Waals surface area contributed by atoms with E-state index in [0.717, 1.165) is 12.1 Å². The summed E-state index contributed by atoms with van der Waals surface area (Å²) in [7, 11) is -3.47. The van der Waals surface area contributed by atoms with Crippen molar-refractivity contribution >= 4 is 21.6 Å². The van der Waals surface area contributed by atoms with Crippen LogP contribution in [0.1, 0.15) is 35.5 Å². The van der Waals surface area contributed by atoms with Gasteiger partial charge in [-0.15, -0.1) is 0 Å². The normalized spacial score (nSPS) is 12.2. The molecule has 0 unspecified atom stereocenters. The molecule has 0 atom stereocenters. The monoisotopic (exact) mass is 451 g/mol. The van der Waals surface area contributed by atoms with Gasteiger partial charge in [0.05, 0.1) is 27.1 Å². The van der Waals surface area contributed by atoms with Crippen molar-refractivity contribution in [2.24, 2.45) is 0 Å². The lowest BCUT2D eigenvalue weighted by Gasteiger charge is -2.12. The lowest BCUT2D eigenvalue weighted by Crippen LogP contribution is -2.17. The second kappa shape index (κ2) is 8.18.